The van der Waals surface area contributed by atoms with Gasteiger partial charge in [-0.3, -0.25) is 9.78 Å². The first-order valence-corrected chi connectivity index (χ1v) is 6.11. The van der Waals surface area contributed by atoms with Crippen molar-refractivity contribution in [2.24, 2.45) is 0 Å². The lowest BCUT2D eigenvalue weighted by molar-refractivity contribution is -0.118. The van der Waals surface area contributed by atoms with E-state index < -0.39 is 0 Å². The van der Waals surface area contributed by atoms with Crippen molar-refractivity contribution >= 4 is 5.78 Å². The molecule has 1 aromatic rings. The fourth-order valence-corrected chi connectivity index (χ4v) is 1.87. The van der Waals surface area contributed by atoms with Crippen molar-refractivity contribution in [3.05, 3.63) is 23.0 Å². The largest absolute Gasteiger partial charge is 0.496 e. The van der Waals surface area contributed by atoms with E-state index in [1.807, 2.05) is 32.8 Å². The molecule has 100 valence electrons. The van der Waals surface area contributed by atoms with E-state index in [0.29, 0.717) is 12.8 Å². The zero-order valence-corrected chi connectivity index (χ0v) is 11.9. The van der Waals surface area contributed by atoms with Crippen LogP contribution in [-0.2, 0) is 11.2 Å². The molecular formula is C14H22N2O2. The first-order valence-electron chi connectivity index (χ1n) is 6.11. The third kappa shape index (κ3) is 3.81. The Morgan fingerprint density at radius 2 is 2.06 bits per heavy atom. The number of carbonyl (C=O) groups excluding carboxylic acids is 1. The summed E-state index contributed by atoms with van der Waals surface area (Å²) in [6, 6.07) is 0. The Morgan fingerprint density at radius 1 is 1.39 bits per heavy atom. The molecule has 18 heavy (non-hydrogen) atoms. The molecule has 0 unspecified atom stereocenters. The molecule has 0 aliphatic rings. The van der Waals surface area contributed by atoms with E-state index in [0.717, 1.165) is 29.1 Å². The number of aromatic nitrogens is 1. The van der Waals surface area contributed by atoms with Gasteiger partial charge < -0.3 is 9.64 Å². The van der Waals surface area contributed by atoms with Crippen LogP contribution in [0, 0.1) is 13.8 Å². The van der Waals surface area contributed by atoms with Crippen LogP contribution in [-0.4, -0.2) is 43.4 Å². The maximum atomic E-state index is 11.8. The quantitative estimate of drug-likeness (QED) is 0.771. The summed E-state index contributed by atoms with van der Waals surface area (Å²) >= 11 is 0. The summed E-state index contributed by atoms with van der Waals surface area (Å²) in [6.45, 7) is 4.69. The highest BCUT2D eigenvalue weighted by Crippen LogP contribution is 2.24. The molecule has 1 heterocycles. The van der Waals surface area contributed by atoms with Crippen molar-refractivity contribution in [2.75, 3.05) is 27.7 Å². The van der Waals surface area contributed by atoms with Crippen LogP contribution in [0.2, 0.25) is 0 Å². The third-order valence-corrected chi connectivity index (χ3v) is 2.95. The van der Waals surface area contributed by atoms with Crippen molar-refractivity contribution in [3.8, 4) is 5.75 Å². The van der Waals surface area contributed by atoms with E-state index >= 15 is 0 Å². The minimum Gasteiger partial charge on any atom is -0.496 e. The predicted octanol–water partition coefficient (Wildman–Crippen LogP) is 1.77. The number of carbonyl (C=O) groups is 1. The standard InChI is InChI=1S/C14H22N2O2/c1-10-9-15-13(11(2)14(10)18-5)8-12(17)6-7-16(3)4/h9H,6-8H2,1-5H3. The number of methoxy groups -OCH3 is 1. The first-order chi connectivity index (χ1) is 8.45. The van der Waals surface area contributed by atoms with Crippen molar-refractivity contribution in [1.29, 1.82) is 0 Å². The van der Waals surface area contributed by atoms with E-state index in [9.17, 15) is 4.79 Å². The number of ketones is 1. The maximum Gasteiger partial charge on any atom is 0.140 e. The number of aryl methyl sites for hydroxylation is 1. The Hall–Kier alpha value is -1.42. The van der Waals surface area contributed by atoms with Crippen LogP contribution in [0.5, 0.6) is 5.75 Å². The Bertz CT molecular complexity index is 428. The van der Waals surface area contributed by atoms with Gasteiger partial charge in [0.2, 0.25) is 0 Å². The maximum absolute atomic E-state index is 11.8. The highest BCUT2D eigenvalue weighted by Gasteiger charge is 2.12. The summed E-state index contributed by atoms with van der Waals surface area (Å²) in [5.41, 5.74) is 2.79. The van der Waals surface area contributed by atoms with Gasteiger partial charge in [-0.15, -0.1) is 0 Å². The van der Waals surface area contributed by atoms with Crippen LogP contribution in [0.15, 0.2) is 6.20 Å². The molecule has 0 aliphatic carbocycles. The monoisotopic (exact) mass is 250 g/mol. The van der Waals surface area contributed by atoms with E-state index in [4.69, 9.17) is 4.74 Å². The average molecular weight is 250 g/mol. The molecule has 1 aromatic heterocycles. The number of rotatable bonds is 6. The van der Waals surface area contributed by atoms with Crippen molar-refractivity contribution < 1.29 is 9.53 Å². The number of hydrogen-bond acceptors (Lipinski definition) is 4. The Morgan fingerprint density at radius 3 is 2.61 bits per heavy atom. The fraction of sp³-hybridized carbons (Fsp3) is 0.571. The van der Waals surface area contributed by atoms with Gasteiger partial charge in [0.15, 0.2) is 0 Å². The zero-order chi connectivity index (χ0) is 13.7. The third-order valence-electron chi connectivity index (χ3n) is 2.95. The normalized spacial score (nSPS) is 10.8. The lowest BCUT2D eigenvalue weighted by Gasteiger charge is -2.12. The number of Topliss-reactive ketones (excluding diaryl/α,β-unsaturated/α-hetero) is 1. The highest BCUT2D eigenvalue weighted by molar-refractivity contribution is 5.81. The minimum atomic E-state index is 0.213. The van der Waals surface area contributed by atoms with Gasteiger partial charge in [-0.05, 0) is 27.9 Å². The van der Waals surface area contributed by atoms with Crippen LogP contribution in [0.3, 0.4) is 0 Å². The van der Waals surface area contributed by atoms with Gasteiger partial charge in [0.05, 0.1) is 12.8 Å². The summed E-state index contributed by atoms with van der Waals surface area (Å²) in [5.74, 6) is 1.05. The molecule has 0 saturated heterocycles. The number of nitrogens with zero attached hydrogens (tertiary/aromatic N) is 2. The molecule has 4 nitrogen and oxygen atoms in total. The molecule has 1 rings (SSSR count). The second-order valence-electron chi connectivity index (χ2n) is 4.81. The van der Waals surface area contributed by atoms with Crippen LogP contribution in [0.25, 0.3) is 0 Å². The molecule has 0 spiro atoms. The van der Waals surface area contributed by atoms with Gasteiger partial charge in [-0.2, -0.15) is 0 Å². The van der Waals surface area contributed by atoms with Crippen molar-refractivity contribution in [3.63, 3.8) is 0 Å². The van der Waals surface area contributed by atoms with E-state index in [1.165, 1.54) is 0 Å². The summed E-state index contributed by atoms with van der Waals surface area (Å²) in [5, 5.41) is 0. The molecule has 4 heteroatoms. The molecular weight excluding hydrogens is 228 g/mol. The van der Waals surface area contributed by atoms with Gasteiger partial charge in [-0.25, -0.2) is 0 Å². The molecule has 0 aliphatic heterocycles. The summed E-state index contributed by atoms with van der Waals surface area (Å²) < 4.78 is 5.34. The number of hydrogen-bond donors (Lipinski definition) is 0. The van der Waals surface area contributed by atoms with Gasteiger partial charge in [0, 0.05) is 36.7 Å². The lowest BCUT2D eigenvalue weighted by Crippen LogP contribution is -2.18. The molecule has 0 aromatic carbocycles. The summed E-state index contributed by atoms with van der Waals surface area (Å²) in [4.78, 5) is 18.2. The Balaban J connectivity index is 2.76. The topological polar surface area (TPSA) is 42.4 Å². The molecule has 0 radical (unpaired) electrons. The van der Waals surface area contributed by atoms with E-state index in [-0.39, 0.29) is 5.78 Å². The highest BCUT2D eigenvalue weighted by atomic mass is 16.5. The van der Waals surface area contributed by atoms with Crippen LogP contribution in [0.4, 0.5) is 0 Å². The molecule has 0 atom stereocenters. The van der Waals surface area contributed by atoms with E-state index in [2.05, 4.69) is 4.98 Å². The fourth-order valence-electron chi connectivity index (χ4n) is 1.87. The zero-order valence-electron chi connectivity index (χ0n) is 11.9. The first kappa shape index (κ1) is 14.6. The summed E-state index contributed by atoms with van der Waals surface area (Å²) in [7, 11) is 5.57. The van der Waals surface area contributed by atoms with E-state index in [1.54, 1.807) is 13.3 Å². The second kappa shape index (κ2) is 6.50. The smallest absolute Gasteiger partial charge is 0.140 e. The second-order valence-corrected chi connectivity index (χ2v) is 4.81. The SMILES string of the molecule is COc1c(C)cnc(CC(=O)CCN(C)C)c1C. The van der Waals surface area contributed by atoms with Crippen molar-refractivity contribution in [1.82, 2.24) is 9.88 Å². The number of ether oxygens (including phenoxy) is 1. The van der Waals surface area contributed by atoms with Gasteiger partial charge >= 0.3 is 0 Å². The summed E-state index contributed by atoms with van der Waals surface area (Å²) in [6.07, 6.45) is 2.71. The Kier molecular flexibility index (Phi) is 5.28. The number of pyridine rings is 1. The van der Waals surface area contributed by atoms with Crippen LogP contribution in [0.1, 0.15) is 23.2 Å². The van der Waals surface area contributed by atoms with Gasteiger partial charge in [0.25, 0.3) is 0 Å². The molecule has 0 N–H and O–H groups in total. The molecule has 0 saturated carbocycles. The van der Waals surface area contributed by atoms with Gasteiger partial charge in [-0.1, -0.05) is 0 Å². The Labute approximate surface area is 109 Å². The molecule has 0 amide bonds. The predicted molar refractivity (Wildman–Crippen MR) is 72.1 cm³/mol. The van der Waals surface area contributed by atoms with Crippen LogP contribution >= 0.6 is 0 Å². The van der Waals surface area contributed by atoms with Crippen LogP contribution < -0.4 is 4.74 Å². The lowest BCUT2D eigenvalue weighted by atomic mass is 10.1. The molecule has 0 fully saturated rings. The van der Waals surface area contributed by atoms with Gasteiger partial charge in [0.1, 0.15) is 11.5 Å². The minimum absolute atomic E-state index is 0.213. The average Bonchev–Trinajstić information content (AvgIpc) is 2.31. The van der Waals surface area contributed by atoms with Crippen molar-refractivity contribution in [2.45, 2.75) is 26.7 Å². The molecule has 0 bridgehead atoms.